The highest BCUT2D eigenvalue weighted by Gasteiger charge is 2.08. The minimum atomic E-state index is 0.543. The van der Waals surface area contributed by atoms with Gasteiger partial charge in [0.1, 0.15) is 10.7 Å². The van der Waals surface area contributed by atoms with E-state index in [0.29, 0.717) is 6.04 Å². The topological polar surface area (TPSA) is 63.6 Å². The summed E-state index contributed by atoms with van der Waals surface area (Å²) in [5.41, 5.74) is 0.832. The average molecular weight is 269 g/mol. The van der Waals surface area contributed by atoms with Crippen molar-refractivity contribution in [3.8, 4) is 10.7 Å². The Bertz CT molecular complexity index is 437. The summed E-state index contributed by atoms with van der Waals surface area (Å²) in [4.78, 5) is 0. The first kappa shape index (κ1) is 12.5. The minimum absolute atomic E-state index is 0.543. The Balaban J connectivity index is 1.83. The number of hydrogen-bond donors (Lipinski definition) is 1. The summed E-state index contributed by atoms with van der Waals surface area (Å²) in [6.07, 6.45) is 2.05. The van der Waals surface area contributed by atoms with E-state index in [0.717, 1.165) is 35.1 Å². The van der Waals surface area contributed by atoms with Crippen LogP contribution >= 0.6 is 22.9 Å². The fourth-order valence-corrected chi connectivity index (χ4v) is 2.70. The number of aromatic nitrogens is 4. The zero-order valence-electron chi connectivity index (χ0n) is 9.88. The molecule has 92 valence electrons. The highest BCUT2D eigenvalue weighted by molar-refractivity contribution is 7.15. The zero-order chi connectivity index (χ0) is 12.1. The third-order valence-corrected chi connectivity index (χ3v) is 3.68. The molecule has 0 unspecified atom stereocenters. The molecule has 0 saturated heterocycles. The summed E-state index contributed by atoms with van der Waals surface area (Å²) in [5, 5.41) is 19.5. The molecule has 0 saturated carbocycles. The van der Waals surface area contributed by atoms with Crippen LogP contribution in [-0.4, -0.2) is 32.4 Å². The van der Waals surface area contributed by atoms with Crippen molar-refractivity contribution in [2.24, 2.45) is 0 Å². The molecule has 0 aliphatic heterocycles. The lowest BCUT2D eigenvalue weighted by Gasteiger charge is -2.05. The number of hydrogen-bond acceptors (Lipinski definition) is 7. The lowest BCUT2D eigenvalue weighted by Crippen LogP contribution is -2.23. The van der Waals surface area contributed by atoms with Crippen LogP contribution in [0, 0.1) is 0 Å². The smallest absolute Gasteiger partial charge is 0.169 e. The standard InChI is InChI=1S/C10H15N5S2/c1-7(2)11-5-3-4-9-13-14-10(17-9)8-6-16-15-12-8/h6-7,11H,3-5H2,1-2H3. The first-order chi connectivity index (χ1) is 8.25. The molecule has 2 aromatic rings. The highest BCUT2D eigenvalue weighted by Crippen LogP contribution is 2.22. The summed E-state index contributed by atoms with van der Waals surface area (Å²) in [6.45, 7) is 5.32. The molecule has 0 fully saturated rings. The van der Waals surface area contributed by atoms with Crippen molar-refractivity contribution in [2.45, 2.75) is 32.7 Å². The Kier molecular flexibility index (Phi) is 4.52. The van der Waals surface area contributed by atoms with E-state index in [1.165, 1.54) is 11.5 Å². The van der Waals surface area contributed by atoms with Crippen LogP contribution in [-0.2, 0) is 6.42 Å². The fraction of sp³-hybridized carbons (Fsp3) is 0.600. The lowest BCUT2D eigenvalue weighted by atomic mass is 10.3. The van der Waals surface area contributed by atoms with Gasteiger partial charge < -0.3 is 5.32 Å². The average Bonchev–Trinajstić information content (AvgIpc) is 2.94. The normalized spacial score (nSPS) is 11.2. The molecule has 0 aromatic carbocycles. The molecule has 17 heavy (non-hydrogen) atoms. The maximum absolute atomic E-state index is 4.17. The second-order valence-electron chi connectivity index (χ2n) is 4.00. The van der Waals surface area contributed by atoms with Crippen LogP contribution < -0.4 is 5.32 Å². The van der Waals surface area contributed by atoms with Crippen LogP contribution in [0.3, 0.4) is 0 Å². The van der Waals surface area contributed by atoms with Gasteiger partial charge >= 0.3 is 0 Å². The van der Waals surface area contributed by atoms with Gasteiger partial charge in [-0.3, -0.25) is 0 Å². The van der Waals surface area contributed by atoms with Crippen LogP contribution in [0.4, 0.5) is 0 Å². The Morgan fingerprint density at radius 1 is 1.29 bits per heavy atom. The van der Waals surface area contributed by atoms with Crippen molar-refractivity contribution in [2.75, 3.05) is 6.54 Å². The Hall–Kier alpha value is -0.920. The first-order valence-corrected chi connectivity index (χ1v) is 7.24. The van der Waals surface area contributed by atoms with Gasteiger partial charge in [-0.15, -0.1) is 15.3 Å². The molecule has 2 aromatic heterocycles. The molecule has 0 atom stereocenters. The summed E-state index contributed by atoms with van der Waals surface area (Å²) in [6, 6.07) is 0.543. The largest absolute Gasteiger partial charge is 0.315 e. The van der Waals surface area contributed by atoms with E-state index >= 15 is 0 Å². The molecule has 2 heterocycles. The molecule has 5 nitrogen and oxygen atoms in total. The van der Waals surface area contributed by atoms with E-state index in [9.17, 15) is 0 Å². The third-order valence-electron chi connectivity index (χ3n) is 2.17. The molecular weight excluding hydrogens is 254 g/mol. The third kappa shape index (κ3) is 3.79. The summed E-state index contributed by atoms with van der Waals surface area (Å²) < 4.78 is 3.82. The van der Waals surface area contributed by atoms with Gasteiger partial charge in [-0.25, -0.2) is 0 Å². The molecule has 0 aliphatic rings. The number of aryl methyl sites for hydroxylation is 1. The molecule has 0 spiro atoms. The van der Waals surface area contributed by atoms with Crippen LogP contribution in [0.15, 0.2) is 5.38 Å². The van der Waals surface area contributed by atoms with Gasteiger partial charge in [-0.1, -0.05) is 29.7 Å². The molecule has 0 aliphatic carbocycles. The van der Waals surface area contributed by atoms with Gasteiger partial charge in [0.15, 0.2) is 5.01 Å². The lowest BCUT2D eigenvalue weighted by molar-refractivity contribution is 0.569. The van der Waals surface area contributed by atoms with Crippen LogP contribution in [0.25, 0.3) is 10.7 Å². The van der Waals surface area contributed by atoms with Crippen LogP contribution in [0.2, 0.25) is 0 Å². The van der Waals surface area contributed by atoms with Crippen molar-refractivity contribution in [3.05, 3.63) is 10.4 Å². The Labute approximate surface area is 108 Å². The van der Waals surface area contributed by atoms with Crippen LogP contribution in [0.1, 0.15) is 25.3 Å². The minimum Gasteiger partial charge on any atom is -0.315 e. The number of nitrogens with zero attached hydrogens (tertiary/aromatic N) is 4. The molecule has 1 N–H and O–H groups in total. The zero-order valence-corrected chi connectivity index (χ0v) is 11.5. The Morgan fingerprint density at radius 2 is 2.18 bits per heavy atom. The number of rotatable bonds is 6. The Morgan fingerprint density at radius 3 is 2.88 bits per heavy atom. The summed E-state index contributed by atoms with van der Waals surface area (Å²) in [5.74, 6) is 0. The second-order valence-corrected chi connectivity index (χ2v) is 5.68. The van der Waals surface area contributed by atoms with Crippen molar-refractivity contribution in [1.29, 1.82) is 0 Å². The monoisotopic (exact) mass is 269 g/mol. The predicted octanol–water partition coefficient (Wildman–Crippen LogP) is 1.99. The van der Waals surface area contributed by atoms with E-state index in [2.05, 4.69) is 38.9 Å². The van der Waals surface area contributed by atoms with Crippen molar-refractivity contribution < 1.29 is 0 Å². The van der Waals surface area contributed by atoms with Gasteiger partial charge in [0.25, 0.3) is 0 Å². The molecular formula is C10H15N5S2. The SMILES string of the molecule is CC(C)NCCCc1nnc(-c2csnn2)s1. The van der Waals surface area contributed by atoms with Crippen molar-refractivity contribution in [1.82, 2.24) is 25.1 Å². The predicted molar refractivity (Wildman–Crippen MR) is 70.3 cm³/mol. The van der Waals surface area contributed by atoms with Crippen molar-refractivity contribution in [3.63, 3.8) is 0 Å². The molecule has 0 radical (unpaired) electrons. The highest BCUT2D eigenvalue weighted by atomic mass is 32.1. The summed E-state index contributed by atoms with van der Waals surface area (Å²) in [7, 11) is 0. The molecule has 0 bridgehead atoms. The summed E-state index contributed by atoms with van der Waals surface area (Å²) >= 11 is 2.94. The van der Waals surface area contributed by atoms with Gasteiger partial charge in [0.05, 0.1) is 0 Å². The molecule has 7 heteroatoms. The van der Waals surface area contributed by atoms with E-state index in [1.54, 1.807) is 11.3 Å². The van der Waals surface area contributed by atoms with Gasteiger partial charge in [0.2, 0.25) is 0 Å². The van der Waals surface area contributed by atoms with Gasteiger partial charge in [-0.05, 0) is 24.5 Å². The molecule has 0 amide bonds. The maximum atomic E-state index is 4.17. The quantitative estimate of drug-likeness (QED) is 0.812. The van der Waals surface area contributed by atoms with E-state index in [4.69, 9.17) is 0 Å². The fourth-order valence-electron chi connectivity index (χ4n) is 1.35. The molecule has 2 rings (SSSR count). The van der Waals surface area contributed by atoms with E-state index in [1.807, 2.05) is 5.38 Å². The number of nitrogens with one attached hydrogen (secondary N) is 1. The van der Waals surface area contributed by atoms with Crippen LogP contribution in [0.5, 0.6) is 0 Å². The van der Waals surface area contributed by atoms with Crippen molar-refractivity contribution >= 4 is 22.9 Å². The maximum Gasteiger partial charge on any atom is 0.169 e. The van der Waals surface area contributed by atoms with Gasteiger partial charge in [0, 0.05) is 17.8 Å². The van der Waals surface area contributed by atoms with E-state index < -0.39 is 0 Å². The van der Waals surface area contributed by atoms with Gasteiger partial charge in [-0.2, -0.15) is 0 Å². The first-order valence-electron chi connectivity index (χ1n) is 5.59. The second kappa shape index (κ2) is 6.13. The van der Waals surface area contributed by atoms with E-state index in [-0.39, 0.29) is 0 Å².